The van der Waals surface area contributed by atoms with Crippen molar-refractivity contribution in [2.45, 2.75) is 13.0 Å². The van der Waals surface area contributed by atoms with Crippen molar-refractivity contribution in [1.82, 2.24) is 5.32 Å². The van der Waals surface area contributed by atoms with Crippen LogP contribution >= 0.6 is 23.8 Å². The summed E-state index contributed by atoms with van der Waals surface area (Å²) in [6.45, 7) is 2.04. The Balaban J connectivity index is 2.09. The normalized spacial score (nSPS) is 11.5. The Hall–Kier alpha value is -1.98. The van der Waals surface area contributed by atoms with Crippen LogP contribution in [0.25, 0.3) is 0 Å². The number of methoxy groups -OCH3 is 2. The fraction of sp³-hybridized carbons (Fsp3) is 0.235. The van der Waals surface area contributed by atoms with E-state index in [1.165, 1.54) is 0 Å². The van der Waals surface area contributed by atoms with Gasteiger partial charge in [0, 0.05) is 6.07 Å². The zero-order chi connectivity index (χ0) is 16.8. The highest BCUT2D eigenvalue weighted by Gasteiger charge is 2.12. The molecule has 2 N–H and O–H groups in total. The molecule has 0 aliphatic heterocycles. The van der Waals surface area contributed by atoms with Crippen LogP contribution < -0.4 is 20.1 Å². The first-order valence-electron chi connectivity index (χ1n) is 7.09. The molecule has 1 atom stereocenters. The Morgan fingerprint density at radius 1 is 1.09 bits per heavy atom. The molecule has 2 rings (SSSR count). The summed E-state index contributed by atoms with van der Waals surface area (Å²) >= 11 is 11.5. The highest BCUT2D eigenvalue weighted by molar-refractivity contribution is 7.80. The molecule has 0 radical (unpaired) electrons. The molecule has 0 saturated heterocycles. The number of hydrogen-bond donors (Lipinski definition) is 2. The smallest absolute Gasteiger partial charge is 0.171 e. The molecule has 4 nitrogen and oxygen atoms in total. The van der Waals surface area contributed by atoms with Crippen molar-refractivity contribution in [2.75, 3.05) is 19.5 Å². The molecule has 0 bridgehead atoms. The number of nitrogens with one attached hydrogen (secondary N) is 2. The SMILES string of the molecule is COc1cc(OC)c(NC(=S)NC(C)c2ccccc2)cc1Cl. The number of ether oxygens (including phenoxy) is 2. The van der Waals surface area contributed by atoms with Gasteiger partial charge in [-0.3, -0.25) is 0 Å². The van der Waals surface area contributed by atoms with Gasteiger partial charge in [0.1, 0.15) is 11.5 Å². The Bertz CT molecular complexity index is 680. The molecule has 0 spiro atoms. The van der Waals surface area contributed by atoms with Crippen LogP contribution in [0.1, 0.15) is 18.5 Å². The van der Waals surface area contributed by atoms with Crippen LogP contribution in [0.15, 0.2) is 42.5 Å². The number of rotatable bonds is 5. The quantitative estimate of drug-likeness (QED) is 0.782. The maximum absolute atomic E-state index is 6.16. The van der Waals surface area contributed by atoms with Crippen LogP contribution in [0.5, 0.6) is 11.5 Å². The molecule has 0 saturated carbocycles. The first-order chi connectivity index (χ1) is 11.0. The van der Waals surface area contributed by atoms with Crippen molar-refractivity contribution < 1.29 is 9.47 Å². The van der Waals surface area contributed by atoms with Gasteiger partial charge in [-0.15, -0.1) is 0 Å². The second kappa shape index (κ2) is 8.04. The minimum atomic E-state index is 0.0796. The summed E-state index contributed by atoms with van der Waals surface area (Å²) < 4.78 is 10.5. The fourth-order valence-electron chi connectivity index (χ4n) is 2.14. The maximum Gasteiger partial charge on any atom is 0.171 e. The largest absolute Gasteiger partial charge is 0.495 e. The summed E-state index contributed by atoms with van der Waals surface area (Å²) in [4.78, 5) is 0. The minimum Gasteiger partial charge on any atom is -0.495 e. The summed E-state index contributed by atoms with van der Waals surface area (Å²) in [5, 5.41) is 7.31. The number of hydrogen-bond acceptors (Lipinski definition) is 3. The molecule has 0 aliphatic carbocycles. The lowest BCUT2D eigenvalue weighted by atomic mass is 10.1. The molecule has 2 aromatic rings. The fourth-order valence-corrected chi connectivity index (χ4v) is 2.67. The molecule has 1 unspecified atom stereocenters. The zero-order valence-corrected chi connectivity index (χ0v) is 14.8. The predicted octanol–water partition coefficient (Wildman–Crippen LogP) is 4.40. The summed E-state index contributed by atoms with van der Waals surface area (Å²) in [7, 11) is 3.14. The highest BCUT2D eigenvalue weighted by atomic mass is 35.5. The van der Waals surface area contributed by atoms with Gasteiger partial charge in [-0.2, -0.15) is 0 Å². The third kappa shape index (κ3) is 4.50. The van der Waals surface area contributed by atoms with Crippen molar-refractivity contribution in [3.8, 4) is 11.5 Å². The Labute approximate surface area is 146 Å². The number of benzene rings is 2. The van der Waals surface area contributed by atoms with Gasteiger partial charge in [0.2, 0.25) is 0 Å². The van der Waals surface area contributed by atoms with E-state index in [-0.39, 0.29) is 6.04 Å². The van der Waals surface area contributed by atoms with Crippen LogP contribution in [0.4, 0.5) is 5.69 Å². The number of thiocarbonyl (C=S) groups is 1. The monoisotopic (exact) mass is 350 g/mol. The molecule has 0 heterocycles. The van der Waals surface area contributed by atoms with E-state index in [1.807, 2.05) is 37.3 Å². The lowest BCUT2D eigenvalue weighted by Crippen LogP contribution is -2.31. The van der Waals surface area contributed by atoms with Crippen LogP contribution in [0, 0.1) is 0 Å². The van der Waals surface area contributed by atoms with Gasteiger partial charge in [-0.1, -0.05) is 41.9 Å². The van der Waals surface area contributed by atoms with Gasteiger partial charge >= 0.3 is 0 Å². The standard InChI is InChI=1S/C17H19ClN2O2S/c1-11(12-7-5-4-6-8-12)19-17(23)20-14-9-13(18)15(21-2)10-16(14)22-3/h4-11H,1-3H3,(H2,19,20,23). The number of anilines is 1. The summed E-state index contributed by atoms with van der Waals surface area (Å²) in [6.07, 6.45) is 0. The van der Waals surface area contributed by atoms with Crippen molar-refractivity contribution in [3.63, 3.8) is 0 Å². The molecule has 2 aromatic carbocycles. The van der Waals surface area contributed by atoms with E-state index in [1.54, 1.807) is 26.4 Å². The molecular weight excluding hydrogens is 332 g/mol. The second-order valence-corrected chi connectivity index (χ2v) is 5.73. The Morgan fingerprint density at radius 2 is 1.74 bits per heavy atom. The summed E-state index contributed by atoms with van der Waals surface area (Å²) in [5.74, 6) is 1.15. The molecule has 122 valence electrons. The topological polar surface area (TPSA) is 42.5 Å². The van der Waals surface area contributed by atoms with E-state index in [0.29, 0.717) is 27.3 Å². The molecule has 6 heteroatoms. The third-order valence-corrected chi connectivity index (χ3v) is 3.88. The van der Waals surface area contributed by atoms with Crippen LogP contribution in [-0.4, -0.2) is 19.3 Å². The van der Waals surface area contributed by atoms with Crippen LogP contribution in [-0.2, 0) is 0 Å². The molecule has 23 heavy (non-hydrogen) atoms. The van der Waals surface area contributed by atoms with Crippen molar-refractivity contribution in [1.29, 1.82) is 0 Å². The van der Waals surface area contributed by atoms with Crippen molar-refractivity contribution in [2.24, 2.45) is 0 Å². The lowest BCUT2D eigenvalue weighted by Gasteiger charge is -2.19. The first kappa shape index (κ1) is 17.4. The minimum absolute atomic E-state index is 0.0796. The number of halogens is 1. The van der Waals surface area contributed by atoms with E-state index < -0.39 is 0 Å². The van der Waals surface area contributed by atoms with Crippen molar-refractivity contribution >= 4 is 34.6 Å². The molecule has 0 aliphatic rings. The maximum atomic E-state index is 6.16. The molecule has 0 aromatic heterocycles. The van der Waals surface area contributed by atoms with Gasteiger partial charge < -0.3 is 20.1 Å². The summed E-state index contributed by atoms with van der Waals surface area (Å²) in [5.41, 5.74) is 1.83. The molecule has 0 fully saturated rings. The Morgan fingerprint density at radius 3 is 2.35 bits per heavy atom. The average Bonchev–Trinajstić information content (AvgIpc) is 2.55. The molecular formula is C17H19ClN2O2S. The van der Waals surface area contributed by atoms with Crippen LogP contribution in [0.3, 0.4) is 0 Å². The predicted molar refractivity (Wildman–Crippen MR) is 98.8 cm³/mol. The van der Waals surface area contributed by atoms with Crippen LogP contribution in [0.2, 0.25) is 5.02 Å². The molecule has 0 amide bonds. The van der Waals surface area contributed by atoms with E-state index in [2.05, 4.69) is 10.6 Å². The van der Waals surface area contributed by atoms with Gasteiger partial charge in [-0.25, -0.2) is 0 Å². The lowest BCUT2D eigenvalue weighted by molar-refractivity contribution is 0.396. The zero-order valence-electron chi connectivity index (χ0n) is 13.2. The van der Waals surface area contributed by atoms with Gasteiger partial charge in [0.25, 0.3) is 0 Å². The van der Waals surface area contributed by atoms with E-state index in [0.717, 1.165) is 5.56 Å². The average molecular weight is 351 g/mol. The summed E-state index contributed by atoms with van der Waals surface area (Å²) in [6, 6.07) is 13.6. The second-order valence-electron chi connectivity index (χ2n) is 4.92. The van der Waals surface area contributed by atoms with Gasteiger partial charge in [0.05, 0.1) is 31.0 Å². The highest BCUT2D eigenvalue weighted by Crippen LogP contribution is 2.35. The van der Waals surface area contributed by atoms with Crippen molar-refractivity contribution in [3.05, 3.63) is 53.1 Å². The van der Waals surface area contributed by atoms with Gasteiger partial charge in [-0.05, 0) is 30.8 Å². The van der Waals surface area contributed by atoms with E-state index in [9.17, 15) is 0 Å². The Kier molecular flexibility index (Phi) is 6.07. The third-order valence-electron chi connectivity index (χ3n) is 3.37. The van der Waals surface area contributed by atoms with E-state index >= 15 is 0 Å². The van der Waals surface area contributed by atoms with Gasteiger partial charge in [0.15, 0.2) is 5.11 Å². The van der Waals surface area contributed by atoms with E-state index in [4.69, 9.17) is 33.3 Å². The first-order valence-corrected chi connectivity index (χ1v) is 7.87.